The van der Waals surface area contributed by atoms with Crippen LogP contribution in [0.2, 0.25) is 0 Å². The second kappa shape index (κ2) is 9.66. The summed E-state index contributed by atoms with van der Waals surface area (Å²) in [5.41, 5.74) is 1.87. The number of benzene rings is 2. The third kappa shape index (κ3) is 4.78. The maximum absolute atomic E-state index is 13.3. The van der Waals surface area contributed by atoms with E-state index in [4.69, 9.17) is 4.74 Å². The lowest BCUT2D eigenvalue weighted by atomic mass is 10.0. The van der Waals surface area contributed by atoms with Crippen molar-refractivity contribution in [3.05, 3.63) is 76.5 Å². The molecule has 1 aromatic heterocycles. The number of rotatable bonds is 6. The molecule has 0 fully saturated rings. The van der Waals surface area contributed by atoms with E-state index >= 15 is 0 Å². The van der Waals surface area contributed by atoms with Crippen LogP contribution in [0.3, 0.4) is 0 Å². The largest absolute Gasteiger partial charge is 0.462 e. The summed E-state index contributed by atoms with van der Waals surface area (Å²) < 4.78 is 4.95. The van der Waals surface area contributed by atoms with E-state index in [1.807, 2.05) is 0 Å². The van der Waals surface area contributed by atoms with Crippen LogP contribution in [0.5, 0.6) is 0 Å². The van der Waals surface area contributed by atoms with E-state index in [9.17, 15) is 19.2 Å². The van der Waals surface area contributed by atoms with Crippen molar-refractivity contribution in [2.75, 3.05) is 22.1 Å². The van der Waals surface area contributed by atoms with Gasteiger partial charge in [-0.3, -0.25) is 19.3 Å². The molecule has 0 spiro atoms. The molecule has 0 saturated heterocycles. The Labute approximate surface area is 194 Å². The highest BCUT2D eigenvalue weighted by molar-refractivity contribution is 7.12. The zero-order valence-electron chi connectivity index (χ0n) is 17.7. The number of thiophene rings is 1. The fraction of sp³-hybridized carbons (Fsp3) is 0.167. The zero-order valence-corrected chi connectivity index (χ0v) is 18.6. The normalized spacial score (nSPS) is 14.8. The van der Waals surface area contributed by atoms with Crippen LogP contribution in [0.1, 0.15) is 33.4 Å². The van der Waals surface area contributed by atoms with E-state index in [0.29, 0.717) is 27.5 Å². The number of hydrogen-bond donors (Lipinski definition) is 2. The third-order valence-electron chi connectivity index (χ3n) is 5.05. The van der Waals surface area contributed by atoms with Crippen molar-refractivity contribution in [2.24, 2.45) is 0 Å². The topological polar surface area (TPSA) is 105 Å². The Morgan fingerprint density at radius 3 is 2.52 bits per heavy atom. The van der Waals surface area contributed by atoms with E-state index in [1.165, 1.54) is 16.2 Å². The van der Waals surface area contributed by atoms with Gasteiger partial charge in [-0.1, -0.05) is 18.2 Å². The Morgan fingerprint density at radius 2 is 1.82 bits per heavy atom. The SMILES string of the molecule is CCOC(=O)c1ccc(NC(=O)C[C@@H]2C(=O)Nc3ccccc3N2C(=O)c2cccs2)cc1. The van der Waals surface area contributed by atoms with Crippen LogP contribution in [0, 0.1) is 0 Å². The maximum Gasteiger partial charge on any atom is 0.338 e. The highest BCUT2D eigenvalue weighted by atomic mass is 32.1. The molecule has 1 aliphatic rings. The molecular formula is C24H21N3O5S. The molecule has 168 valence electrons. The first-order valence-electron chi connectivity index (χ1n) is 10.3. The molecule has 2 heterocycles. The van der Waals surface area contributed by atoms with Crippen molar-refractivity contribution in [1.29, 1.82) is 0 Å². The van der Waals surface area contributed by atoms with Crippen molar-refractivity contribution in [2.45, 2.75) is 19.4 Å². The van der Waals surface area contributed by atoms with Gasteiger partial charge in [0.2, 0.25) is 11.8 Å². The number of esters is 1. The van der Waals surface area contributed by atoms with Gasteiger partial charge in [-0.2, -0.15) is 0 Å². The fourth-order valence-electron chi connectivity index (χ4n) is 3.54. The van der Waals surface area contributed by atoms with Crippen LogP contribution in [0.4, 0.5) is 17.1 Å². The first-order chi connectivity index (χ1) is 16.0. The fourth-order valence-corrected chi connectivity index (χ4v) is 4.20. The van der Waals surface area contributed by atoms with Gasteiger partial charge in [-0.25, -0.2) is 4.79 Å². The van der Waals surface area contributed by atoms with Crippen LogP contribution < -0.4 is 15.5 Å². The van der Waals surface area contributed by atoms with E-state index < -0.39 is 23.8 Å². The smallest absolute Gasteiger partial charge is 0.338 e. The average Bonchev–Trinajstić information content (AvgIpc) is 3.35. The minimum Gasteiger partial charge on any atom is -0.462 e. The molecular weight excluding hydrogens is 442 g/mol. The molecule has 4 rings (SSSR count). The number of nitrogens with zero attached hydrogens (tertiary/aromatic N) is 1. The Hall–Kier alpha value is -3.98. The van der Waals surface area contributed by atoms with Crippen molar-refractivity contribution in [3.63, 3.8) is 0 Å². The summed E-state index contributed by atoms with van der Waals surface area (Å²) >= 11 is 1.27. The lowest BCUT2D eigenvalue weighted by molar-refractivity contribution is -0.122. The molecule has 33 heavy (non-hydrogen) atoms. The van der Waals surface area contributed by atoms with Crippen molar-refractivity contribution < 1.29 is 23.9 Å². The van der Waals surface area contributed by atoms with Crippen LogP contribution >= 0.6 is 11.3 Å². The molecule has 1 aliphatic heterocycles. The molecule has 0 unspecified atom stereocenters. The number of anilines is 3. The summed E-state index contributed by atoms with van der Waals surface area (Å²) in [5.74, 6) is -1.67. The monoisotopic (exact) mass is 463 g/mol. The molecule has 2 N–H and O–H groups in total. The van der Waals surface area contributed by atoms with Gasteiger partial charge < -0.3 is 15.4 Å². The summed E-state index contributed by atoms with van der Waals surface area (Å²) in [6.45, 7) is 1.99. The minimum atomic E-state index is -1.02. The predicted molar refractivity (Wildman–Crippen MR) is 126 cm³/mol. The number of fused-ring (bicyclic) bond motifs is 1. The lowest BCUT2D eigenvalue weighted by Gasteiger charge is -2.35. The van der Waals surface area contributed by atoms with Crippen molar-refractivity contribution in [1.82, 2.24) is 0 Å². The van der Waals surface area contributed by atoms with Crippen LogP contribution in [0.15, 0.2) is 66.0 Å². The summed E-state index contributed by atoms with van der Waals surface area (Å²) in [5, 5.41) is 7.28. The second-order valence-corrected chi connectivity index (χ2v) is 8.17. The first kappa shape index (κ1) is 22.2. The Morgan fingerprint density at radius 1 is 1.06 bits per heavy atom. The molecule has 0 aliphatic carbocycles. The number of amides is 3. The van der Waals surface area contributed by atoms with Crippen molar-refractivity contribution in [3.8, 4) is 0 Å². The van der Waals surface area contributed by atoms with Gasteiger partial charge in [-0.05, 0) is 54.8 Å². The highest BCUT2D eigenvalue weighted by Gasteiger charge is 2.38. The molecule has 3 aromatic rings. The van der Waals surface area contributed by atoms with Crippen LogP contribution in [0.25, 0.3) is 0 Å². The number of nitrogens with one attached hydrogen (secondary N) is 2. The van der Waals surface area contributed by atoms with Gasteiger partial charge in [0.15, 0.2) is 0 Å². The summed E-state index contributed by atoms with van der Waals surface area (Å²) in [7, 11) is 0. The average molecular weight is 464 g/mol. The van der Waals surface area contributed by atoms with E-state index in [0.717, 1.165) is 0 Å². The molecule has 0 bridgehead atoms. The second-order valence-electron chi connectivity index (χ2n) is 7.22. The maximum atomic E-state index is 13.3. The highest BCUT2D eigenvalue weighted by Crippen LogP contribution is 2.34. The Kier molecular flexibility index (Phi) is 6.50. The van der Waals surface area contributed by atoms with Gasteiger partial charge >= 0.3 is 5.97 Å². The molecule has 1 atom stereocenters. The van der Waals surface area contributed by atoms with Gasteiger partial charge in [0.1, 0.15) is 6.04 Å². The Bertz CT molecular complexity index is 1190. The molecule has 2 aromatic carbocycles. The van der Waals surface area contributed by atoms with Crippen LogP contribution in [-0.4, -0.2) is 36.3 Å². The molecule has 3 amide bonds. The standard InChI is InChI=1S/C24H21N3O5S/c1-2-32-24(31)15-9-11-16(12-10-15)25-21(28)14-19-22(29)26-17-6-3-4-7-18(17)27(19)23(30)20-8-5-13-33-20/h3-13,19H,2,14H2,1H3,(H,25,28)(H,26,29)/t19-/m1/s1. The summed E-state index contributed by atoms with van der Waals surface area (Å²) in [6, 6.07) is 15.7. The third-order valence-corrected chi connectivity index (χ3v) is 5.90. The van der Waals surface area contributed by atoms with E-state index in [1.54, 1.807) is 73.0 Å². The van der Waals surface area contributed by atoms with E-state index in [-0.39, 0.29) is 18.9 Å². The number of carbonyl (C=O) groups excluding carboxylic acids is 4. The zero-order chi connectivity index (χ0) is 23.4. The minimum absolute atomic E-state index is 0.239. The van der Waals surface area contributed by atoms with Gasteiger partial charge in [-0.15, -0.1) is 11.3 Å². The van der Waals surface area contributed by atoms with Gasteiger partial charge in [0.05, 0.1) is 34.8 Å². The summed E-state index contributed by atoms with van der Waals surface area (Å²) in [6.07, 6.45) is -0.239. The number of hydrogen-bond acceptors (Lipinski definition) is 6. The Balaban J connectivity index is 1.54. The lowest BCUT2D eigenvalue weighted by Crippen LogP contribution is -2.52. The van der Waals surface area contributed by atoms with E-state index in [2.05, 4.69) is 10.6 Å². The first-order valence-corrected chi connectivity index (χ1v) is 11.2. The molecule has 8 nitrogen and oxygen atoms in total. The number of ether oxygens (including phenoxy) is 1. The van der Waals surface area contributed by atoms with Gasteiger partial charge in [0.25, 0.3) is 5.91 Å². The summed E-state index contributed by atoms with van der Waals surface area (Å²) in [4.78, 5) is 52.6. The molecule has 0 radical (unpaired) electrons. The van der Waals surface area contributed by atoms with Crippen molar-refractivity contribution >= 4 is 52.1 Å². The number of para-hydroxylation sites is 2. The van der Waals surface area contributed by atoms with Crippen LogP contribution in [-0.2, 0) is 14.3 Å². The predicted octanol–water partition coefficient (Wildman–Crippen LogP) is 3.92. The quantitative estimate of drug-likeness (QED) is 0.539. The molecule has 0 saturated carbocycles. The van der Waals surface area contributed by atoms with Gasteiger partial charge in [0, 0.05) is 5.69 Å². The number of carbonyl (C=O) groups is 4. The molecule has 9 heteroatoms.